The van der Waals surface area contributed by atoms with Gasteiger partial charge >= 0.3 is 0 Å². The first-order chi connectivity index (χ1) is 31.0. The summed E-state index contributed by atoms with van der Waals surface area (Å²) >= 11 is 0. The number of aliphatic imine (C=N–C) groups is 2. The van der Waals surface area contributed by atoms with Crippen molar-refractivity contribution in [3.8, 4) is 11.5 Å². The molecule has 6 aromatic carbocycles. The summed E-state index contributed by atoms with van der Waals surface area (Å²) in [6, 6.07) is 19.6. The Balaban J connectivity index is 1.50. The Morgan fingerprint density at radius 2 is 0.833 bits per heavy atom. The largest absolute Gasteiger partial charge is 0.455 e. The van der Waals surface area contributed by atoms with Crippen LogP contribution in [-0.4, -0.2) is 12.4 Å². The number of halogens is 8. The zero-order valence-corrected chi connectivity index (χ0v) is 37.4. The van der Waals surface area contributed by atoms with E-state index in [4.69, 9.17) is 4.74 Å². The Labute approximate surface area is 378 Å². The molecule has 2 N–H and O–H groups in total. The Morgan fingerprint density at radius 1 is 0.485 bits per heavy atom. The molecule has 13 heteroatoms. The van der Waals surface area contributed by atoms with Crippen LogP contribution in [0.15, 0.2) is 119 Å². The number of nitrogens with one attached hydrogen (secondary N) is 2. The maximum absolute atomic E-state index is 15.1. The number of allylic oxidation sites excluding steroid dienone is 2. The summed E-state index contributed by atoms with van der Waals surface area (Å²) in [5.41, 5.74) is 2.05. The first-order valence-electron chi connectivity index (χ1n) is 20.9. The number of ether oxygens (including phenoxy) is 1. The maximum Gasteiger partial charge on any atom is 0.151 e. The molecule has 0 atom stereocenters. The number of hydrogen-bond donors (Lipinski definition) is 2. The molecule has 1 aliphatic rings. The van der Waals surface area contributed by atoms with E-state index in [2.05, 4.69) is 20.6 Å². The van der Waals surface area contributed by atoms with Crippen LogP contribution in [0.2, 0.25) is 0 Å². The number of hydrogen-bond acceptors (Lipinski definition) is 5. The van der Waals surface area contributed by atoms with Crippen LogP contribution in [0.25, 0.3) is 11.1 Å². The standard InChI is InChI=1S/C53H46F8N4O/c1-51(2,3)31-17-37(29(25-62-45-13-9-33(54)21-41(45)58)26-63-46-14-10-34(55)22-42(46)59)49-39(19-31)53(7,8)40-20-32(52(4,5)6)18-38(50(40)66-49)30(27-64-47-15-11-35(56)23-43(47)60)28-65-48-16-12-36(57)24-44(48)61/h9-28,62,64H,1-8H3/b29-25-,30-27-,63-26?,65-28?. The van der Waals surface area contributed by atoms with Crippen molar-refractivity contribution in [1.82, 2.24) is 0 Å². The van der Waals surface area contributed by atoms with Crippen LogP contribution in [0.1, 0.15) is 88.8 Å². The molecule has 0 amide bonds. The number of rotatable bonds is 10. The summed E-state index contributed by atoms with van der Waals surface area (Å²) in [6.45, 7) is 16.1. The number of fused-ring (bicyclic) bond motifs is 2. The summed E-state index contributed by atoms with van der Waals surface area (Å²) in [4.78, 5) is 8.76. The normalized spacial score (nSPS) is 14.1. The predicted molar refractivity (Wildman–Crippen MR) is 247 cm³/mol. The van der Waals surface area contributed by atoms with E-state index in [1.54, 1.807) is 0 Å². The van der Waals surface area contributed by atoms with E-state index < -0.39 is 62.8 Å². The summed E-state index contributed by atoms with van der Waals surface area (Å²) in [5, 5.41) is 5.78. The quantitative estimate of drug-likeness (QED) is 0.106. The van der Waals surface area contributed by atoms with Gasteiger partial charge in [-0.1, -0.05) is 67.5 Å². The zero-order chi connectivity index (χ0) is 47.9. The molecule has 7 rings (SSSR count). The maximum atomic E-state index is 15.1. The van der Waals surface area contributed by atoms with Crippen molar-refractivity contribution >= 4 is 46.3 Å². The van der Waals surface area contributed by atoms with Crippen LogP contribution in [0, 0.1) is 46.5 Å². The van der Waals surface area contributed by atoms with E-state index in [1.807, 2.05) is 79.7 Å². The van der Waals surface area contributed by atoms with E-state index in [0.717, 1.165) is 35.4 Å². The smallest absolute Gasteiger partial charge is 0.151 e. The molecular weight excluding hydrogens is 861 g/mol. The molecule has 0 saturated heterocycles. The lowest BCUT2D eigenvalue weighted by atomic mass is 9.70. The number of anilines is 2. The third-order valence-electron chi connectivity index (χ3n) is 11.2. The Morgan fingerprint density at radius 3 is 1.17 bits per heavy atom. The van der Waals surface area contributed by atoms with Gasteiger partial charge < -0.3 is 15.4 Å². The molecule has 0 aliphatic carbocycles. The molecule has 340 valence electrons. The second kappa shape index (κ2) is 18.1. The molecule has 0 unspecified atom stereocenters. The Kier molecular flexibility index (Phi) is 12.9. The van der Waals surface area contributed by atoms with Gasteiger partial charge in [0.15, 0.2) is 11.6 Å². The minimum atomic E-state index is -0.935. The van der Waals surface area contributed by atoms with Gasteiger partial charge in [-0.2, -0.15) is 0 Å². The molecule has 0 spiro atoms. The second-order valence-electron chi connectivity index (χ2n) is 18.5. The fourth-order valence-electron chi connectivity index (χ4n) is 7.29. The molecule has 6 aromatic rings. The molecule has 0 bridgehead atoms. The van der Waals surface area contributed by atoms with Crippen molar-refractivity contribution in [2.45, 2.75) is 71.6 Å². The van der Waals surface area contributed by atoms with Gasteiger partial charge in [-0.25, -0.2) is 35.1 Å². The Hall–Kier alpha value is -7.02. The monoisotopic (exact) mass is 906 g/mol. The average molecular weight is 907 g/mol. The SMILES string of the molecule is CC(C)(C)c1cc(/C(C=Nc2ccc(F)cc2F)=C\Nc2ccc(F)cc2F)c2c(c1)C(C)(C)c1cc(C(C)(C)C)cc(/C(C=Nc3ccc(F)cc3F)=C\Nc3ccc(F)cc3F)c1O2. The van der Waals surface area contributed by atoms with Gasteiger partial charge in [0.1, 0.15) is 46.4 Å². The third-order valence-corrected chi connectivity index (χ3v) is 11.2. The highest BCUT2D eigenvalue weighted by Crippen LogP contribution is 2.54. The van der Waals surface area contributed by atoms with E-state index in [9.17, 15) is 17.6 Å². The molecule has 0 radical (unpaired) electrons. The van der Waals surface area contributed by atoms with Gasteiger partial charge in [-0.3, -0.25) is 9.98 Å². The fourth-order valence-corrected chi connectivity index (χ4v) is 7.29. The van der Waals surface area contributed by atoms with Crippen LogP contribution in [0.3, 0.4) is 0 Å². The van der Waals surface area contributed by atoms with Gasteiger partial charge in [0.2, 0.25) is 0 Å². The molecule has 5 nitrogen and oxygen atoms in total. The third kappa shape index (κ3) is 10.1. The minimum absolute atomic E-state index is 0.0866. The molecule has 1 heterocycles. The first-order valence-corrected chi connectivity index (χ1v) is 20.9. The van der Waals surface area contributed by atoms with E-state index in [0.29, 0.717) is 58.0 Å². The van der Waals surface area contributed by atoms with Crippen molar-refractivity contribution in [1.29, 1.82) is 0 Å². The van der Waals surface area contributed by atoms with E-state index in [-0.39, 0.29) is 33.9 Å². The highest BCUT2D eigenvalue weighted by Gasteiger charge is 2.40. The predicted octanol–water partition coefficient (Wildman–Crippen LogP) is 15.5. The van der Waals surface area contributed by atoms with E-state index in [1.165, 1.54) is 49.1 Å². The van der Waals surface area contributed by atoms with Crippen LogP contribution in [-0.2, 0) is 16.2 Å². The minimum Gasteiger partial charge on any atom is -0.455 e. The molecule has 0 aromatic heterocycles. The molecule has 1 aliphatic heterocycles. The van der Waals surface area contributed by atoms with Crippen LogP contribution in [0.5, 0.6) is 11.5 Å². The van der Waals surface area contributed by atoms with Crippen molar-refractivity contribution in [3.63, 3.8) is 0 Å². The summed E-state index contributed by atoms with van der Waals surface area (Å²) in [6.07, 6.45) is 5.46. The summed E-state index contributed by atoms with van der Waals surface area (Å²) < 4.78 is 123. The van der Waals surface area contributed by atoms with Crippen molar-refractivity contribution in [2.75, 3.05) is 10.6 Å². The van der Waals surface area contributed by atoms with Crippen LogP contribution in [0.4, 0.5) is 57.9 Å². The topological polar surface area (TPSA) is 58.0 Å². The van der Waals surface area contributed by atoms with Gasteiger partial charge in [-0.05, 0) is 82.6 Å². The summed E-state index contributed by atoms with van der Waals surface area (Å²) in [7, 11) is 0. The van der Waals surface area contributed by atoms with Crippen LogP contribution < -0.4 is 15.4 Å². The van der Waals surface area contributed by atoms with Gasteiger partial charge in [-0.15, -0.1) is 0 Å². The van der Waals surface area contributed by atoms with Crippen molar-refractivity contribution in [2.24, 2.45) is 9.98 Å². The van der Waals surface area contributed by atoms with Gasteiger partial charge in [0, 0.05) is 87.9 Å². The van der Waals surface area contributed by atoms with Crippen LogP contribution >= 0.6 is 0 Å². The average Bonchev–Trinajstić information content (AvgIpc) is 3.22. The lowest BCUT2D eigenvalue weighted by molar-refractivity contribution is 0.412. The lowest BCUT2D eigenvalue weighted by Gasteiger charge is -2.39. The first kappa shape index (κ1) is 47.0. The van der Waals surface area contributed by atoms with Gasteiger partial charge in [0.25, 0.3) is 0 Å². The van der Waals surface area contributed by atoms with E-state index >= 15 is 17.6 Å². The highest BCUT2D eigenvalue weighted by atomic mass is 19.2. The highest BCUT2D eigenvalue weighted by molar-refractivity contribution is 6.14. The molecule has 0 fully saturated rings. The Bertz CT molecular complexity index is 2800. The molecule has 66 heavy (non-hydrogen) atoms. The lowest BCUT2D eigenvalue weighted by Crippen LogP contribution is -2.28. The zero-order valence-electron chi connectivity index (χ0n) is 37.4. The van der Waals surface area contributed by atoms with Crippen molar-refractivity contribution in [3.05, 3.63) is 189 Å². The summed E-state index contributed by atoms with van der Waals surface area (Å²) in [5.74, 6) is -6.22. The molecular formula is C53H46F8N4O. The molecule has 0 saturated carbocycles. The fraction of sp³-hybridized carbons (Fsp3) is 0.208. The van der Waals surface area contributed by atoms with Crippen molar-refractivity contribution < 1.29 is 39.9 Å². The van der Waals surface area contributed by atoms with Gasteiger partial charge in [0.05, 0.1) is 22.7 Å². The second-order valence-corrected chi connectivity index (χ2v) is 18.5. The number of nitrogens with zero attached hydrogens (tertiary/aromatic N) is 2. The number of benzene rings is 6.